The van der Waals surface area contributed by atoms with Gasteiger partial charge in [-0.15, -0.1) is 11.3 Å². The van der Waals surface area contributed by atoms with Gasteiger partial charge in [0.25, 0.3) is 5.91 Å². The number of amides is 3. The predicted octanol–water partition coefficient (Wildman–Crippen LogP) is 4.29. The van der Waals surface area contributed by atoms with E-state index in [1.54, 1.807) is 6.07 Å². The Morgan fingerprint density at radius 2 is 1.95 bits per heavy atom. The van der Waals surface area contributed by atoms with E-state index >= 15 is 0 Å². The molecule has 2 aliphatic carbocycles. The van der Waals surface area contributed by atoms with Gasteiger partial charge >= 0.3 is 0 Å². The number of nitrogens with one attached hydrogen (secondary N) is 1. The van der Waals surface area contributed by atoms with Crippen LogP contribution in [0.2, 0.25) is 5.02 Å². The quantitative estimate of drug-likeness (QED) is 0.432. The molecule has 1 atom stereocenters. The van der Waals surface area contributed by atoms with Gasteiger partial charge in [-0.2, -0.15) is 0 Å². The number of primary amides is 1. The van der Waals surface area contributed by atoms with Crippen LogP contribution >= 0.6 is 22.9 Å². The number of benzene rings is 1. The zero-order valence-corrected chi connectivity index (χ0v) is 22.4. The first-order valence-corrected chi connectivity index (χ1v) is 14.2. The summed E-state index contributed by atoms with van der Waals surface area (Å²) in [7, 11) is 0. The number of halogens is 1. The first-order chi connectivity index (χ1) is 18.2. The highest BCUT2D eigenvalue weighted by Crippen LogP contribution is 2.57. The van der Waals surface area contributed by atoms with Crippen molar-refractivity contribution < 1.29 is 19.1 Å². The normalized spacial score (nSPS) is 26.3. The van der Waals surface area contributed by atoms with E-state index < -0.39 is 5.91 Å². The van der Waals surface area contributed by atoms with Crippen LogP contribution in [-0.2, 0) is 16.1 Å². The number of likely N-dealkylation sites (tertiary alicyclic amines) is 1. The number of nitrogens with two attached hydrogens (primary N) is 1. The van der Waals surface area contributed by atoms with E-state index in [0.717, 1.165) is 41.5 Å². The molecule has 1 saturated heterocycles. The smallest absolute Gasteiger partial charge is 0.254 e. The topological polar surface area (TPSA) is 115 Å². The van der Waals surface area contributed by atoms with E-state index in [1.165, 1.54) is 11.3 Å². The summed E-state index contributed by atoms with van der Waals surface area (Å²) in [6.07, 6.45) is 4.35. The highest BCUT2D eigenvalue weighted by Gasteiger charge is 2.54. The molecule has 198 valence electrons. The van der Waals surface area contributed by atoms with E-state index in [4.69, 9.17) is 22.1 Å². The Morgan fingerprint density at radius 1 is 1.18 bits per heavy atom. The molecule has 1 unspecified atom stereocenters. The third-order valence-corrected chi connectivity index (χ3v) is 9.15. The Kier molecular flexibility index (Phi) is 6.52. The minimum absolute atomic E-state index is 0.00976. The first kappa shape index (κ1) is 25.1. The lowest BCUT2D eigenvalue weighted by molar-refractivity contribution is -0.128. The van der Waals surface area contributed by atoms with Gasteiger partial charge in [-0.05, 0) is 72.2 Å². The van der Waals surface area contributed by atoms with Crippen molar-refractivity contribution in [1.82, 2.24) is 15.2 Å². The van der Waals surface area contributed by atoms with Crippen LogP contribution in [0.25, 0.3) is 10.2 Å². The fourth-order valence-corrected chi connectivity index (χ4v) is 7.10. The Labute approximate surface area is 229 Å². The van der Waals surface area contributed by atoms with E-state index in [9.17, 15) is 14.4 Å². The molecule has 2 saturated carbocycles. The average molecular weight is 553 g/mol. The zero-order valence-electron chi connectivity index (χ0n) is 20.8. The SMILES string of the molecule is NC(=O)c1cc2sccc2nc1OC1CC2(CC(NC(=O)CC3CC(=O)N(Cc4ccc(Cl)cc4)C3)C2)C1. The number of aromatic nitrogens is 1. The number of hydrogen-bond donors (Lipinski definition) is 2. The molecular formula is C28H29ClN4O4S. The molecule has 3 amide bonds. The van der Waals surface area contributed by atoms with Crippen LogP contribution in [0.15, 0.2) is 41.8 Å². The van der Waals surface area contributed by atoms with Crippen molar-refractivity contribution in [2.45, 2.75) is 57.2 Å². The lowest BCUT2D eigenvalue weighted by Crippen LogP contribution is -2.59. The summed E-state index contributed by atoms with van der Waals surface area (Å²) in [5.74, 6) is -0.0859. The monoisotopic (exact) mass is 552 g/mol. The van der Waals surface area contributed by atoms with Crippen LogP contribution in [0, 0.1) is 11.3 Å². The number of fused-ring (bicyclic) bond motifs is 1. The molecule has 1 aromatic carbocycles. The van der Waals surface area contributed by atoms with Gasteiger partial charge in [-0.3, -0.25) is 14.4 Å². The molecule has 3 aromatic rings. The molecule has 38 heavy (non-hydrogen) atoms. The lowest BCUT2D eigenvalue weighted by Gasteiger charge is -2.57. The van der Waals surface area contributed by atoms with Crippen molar-refractivity contribution in [1.29, 1.82) is 0 Å². The minimum atomic E-state index is -0.541. The standard InChI is InChI=1S/C28H29ClN4O4S/c29-18-3-1-16(2-4-18)14-33-15-17(8-25(33)35)7-24(34)31-19-10-28(11-19)12-20(13-28)37-27-21(26(30)36)9-23-22(32-27)5-6-38-23/h1-6,9,17,19-20H,7-8,10-15H2,(H2,30,36)(H,31,34). The highest BCUT2D eigenvalue weighted by molar-refractivity contribution is 7.17. The third-order valence-electron chi connectivity index (χ3n) is 8.05. The summed E-state index contributed by atoms with van der Waals surface area (Å²) in [4.78, 5) is 43.4. The molecular weight excluding hydrogens is 524 g/mol. The molecule has 6 rings (SSSR count). The Morgan fingerprint density at radius 3 is 2.68 bits per heavy atom. The lowest BCUT2D eigenvalue weighted by atomic mass is 9.53. The number of pyridine rings is 1. The van der Waals surface area contributed by atoms with Crippen molar-refractivity contribution in [3.63, 3.8) is 0 Å². The molecule has 1 spiro atoms. The number of rotatable bonds is 8. The van der Waals surface area contributed by atoms with Gasteiger partial charge in [-0.1, -0.05) is 23.7 Å². The molecule has 3 heterocycles. The van der Waals surface area contributed by atoms with Gasteiger partial charge in [0.05, 0.1) is 10.2 Å². The maximum Gasteiger partial charge on any atom is 0.254 e. The summed E-state index contributed by atoms with van der Waals surface area (Å²) in [5.41, 5.74) is 7.89. The number of hydrogen-bond acceptors (Lipinski definition) is 6. The number of nitrogens with zero attached hydrogens (tertiary/aromatic N) is 2. The van der Waals surface area contributed by atoms with Crippen LogP contribution in [0.5, 0.6) is 5.88 Å². The van der Waals surface area contributed by atoms with Crippen LogP contribution < -0.4 is 15.8 Å². The zero-order chi connectivity index (χ0) is 26.4. The van der Waals surface area contributed by atoms with Crippen LogP contribution in [0.3, 0.4) is 0 Å². The van der Waals surface area contributed by atoms with Crippen molar-refractivity contribution >= 4 is 50.9 Å². The maximum atomic E-state index is 12.7. The Bertz CT molecular complexity index is 1390. The Hall–Kier alpha value is -3.17. The molecule has 2 aromatic heterocycles. The number of carbonyl (C=O) groups excluding carboxylic acids is 3. The molecule has 0 bridgehead atoms. The van der Waals surface area contributed by atoms with E-state index in [1.807, 2.05) is 40.6 Å². The molecule has 1 aliphatic heterocycles. The van der Waals surface area contributed by atoms with E-state index in [-0.39, 0.29) is 35.3 Å². The largest absolute Gasteiger partial charge is 0.474 e. The van der Waals surface area contributed by atoms with Crippen molar-refractivity contribution in [2.24, 2.45) is 17.1 Å². The van der Waals surface area contributed by atoms with Gasteiger partial charge in [0, 0.05) is 37.0 Å². The van der Waals surface area contributed by atoms with Crippen molar-refractivity contribution in [3.05, 3.63) is 57.9 Å². The summed E-state index contributed by atoms with van der Waals surface area (Å²) in [6.45, 7) is 1.14. The molecule has 8 nitrogen and oxygen atoms in total. The van der Waals surface area contributed by atoms with Crippen molar-refractivity contribution in [2.75, 3.05) is 6.54 Å². The summed E-state index contributed by atoms with van der Waals surface area (Å²) >= 11 is 7.46. The van der Waals surface area contributed by atoms with Crippen LogP contribution in [-0.4, -0.2) is 46.3 Å². The molecule has 3 aliphatic rings. The van der Waals surface area contributed by atoms with Gasteiger partial charge in [0.2, 0.25) is 17.7 Å². The number of thiophene rings is 1. The Balaban J connectivity index is 0.945. The molecule has 3 fully saturated rings. The van der Waals surface area contributed by atoms with Crippen LogP contribution in [0.4, 0.5) is 0 Å². The highest BCUT2D eigenvalue weighted by atomic mass is 35.5. The average Bonchev–Trinajstić information content (AvgIpc) is 3.42. The van der Waals surface area contributed by atoms with Gasteiger partial charge in [0.15, 0.2) is 0 Å². The third kappa shape index (κ3) is 5.09. The molecule has 0 radical (unpaired) electrons. The molecule has 10 heteroatoms. The van der Waals surface area contributed by atoms with E-state index in [2.05, 4.69) is 10.3 Å². The predicted molar refractivity (Wildman–Crippen MR) is 145 cm³/mol. The summed E-state index contributed by atoms with van der Waals surface area (Å²) in [6, 6.07) is 11.3. The van der Waals surface area contributed by atoms with Gasteiger partial charge in [0.1, 0.15) is 11.7 Å². The first-order valence-electron chi connectivity index (χ1n) is 12.9. The summed E-state index contributed by atoms with van der Waals surface area (Å²) in [5, 5.41) is 5.76. The second kappa shape index (κ2) is 9.85. The van der Waals surface area contributed by atoms with E-state index in [0.29, 0.717) is 42.4 Å². The second-order valence-electron chi connectivity index (χ2n) is 11.0. The van der Waals surface area contributed by atoms with Crippen LogP contribution in [0.1, 0.15) is 54.4 Å². The van der Waals surface area contributed by atoms with Gasteiger partial charge < -0.3 is 20.7 Å². The maximum absolute atomic E-state index is 12.7. The summed E-state index contributed by atoms with van der Waals surface area (Å²) < 4.78 is 6.99. The molecule has 3 N–H and O–H groups in total. The second-order valence-corrected chi connectivity index (χ2v) is 12.4. The number of ether oxygens (including phenoxy) is 1. The minimum Gasteiger partial charge on any atom is -0.474 e. The number of carbonyl (C=O) groups is 3. The van der Waals surface area contributed by atoms with Crippen molar-refractivity contribution in [3.8, 4) is 5.88 Å². The fraction of sp³-hybridized carbons (Fsp3) is 0.429. The van der Waals surface area contributed by atoms with Gasteiger partial charge in [-0.25, -0.2) is 4.98 Å². The fourth-order valence-electron chi connectivity index (χ4n) is 6.21.